The third-order valence-electron chi connectivity index (χ3n) is 10.3. The number of esters is 3. The summed E-state index contributed by atoms with van der Waals surface area (Å²) in [5.74, 6) is -1.02. The van der Waals surface area contributed by atoms with E-state index >= 15 is 0 Å². The highest BCUT2D eigenvalue weighted by Gasteiger charge is 2.19. The maximum absolute atomic E-state index is 12.8. The van der Waals surface area contributed by atoms with E-state index < -0.39 is 6.10 Å². The minimum Gasteiger partial charge on any atom is -0.462 e. The van der Waals surface area contributed by atoms with Crippen molar-refractivity contribution in [3.63, 3.8) is 0 Å². The van der Waals surface area contributed by atoms with Crippen LogP contribution in [0.25, 0.3) is 0 Å². The quantitative estimate of drug-likeness (QED) is 0.0262. The average Bonchev–Trinajstić information content (AvgIpc) is 3.30. The molecule has 0 aromatic rings. The van der Waals surface area contributed by atoms with Gasteiger partial charge in [0.2, 0.25) is 0 Å². The Morgan fingerprint density at radius 3 is 1.03 bits per heavy atom. The van der Waals surface area contributed by atoms with Crippen molar-refractivity contribution >= 4 is 17.9 Å². The van der Waals surface area contributed by atoms with Gasteiger partial charge in [-0.2, -0.15) is 0 Å². The SMILES string of the molecule is CC/C=C/C=C/C=C/C=C/CCCCCC(=O)OCC(COC(=O)CCCCCCC/C=C/C=C/C=C/C=C/C=C/CCC)OC(=O)CCCCC/C=C/C=C/CCCCCCCCC. The van der Waals surface area contributed by atoms with Crippen molar-refractivity contribution in [2.45, 2.75) is 207 Å². The molecule has 0 amide bonds. The fraction of sp³-hybridized carbons (Fsp3) is 0.576. The van der Waals surface area contributed by atoms with Crippen molar-refractivity contribution in [3.05, 3.63) is 134 Å². The summed E-state index contributed by atoms with van der Waals surface area (Å²) < 4.78 is 16.7. The van der Waals surface area contributed by atoms with Gasteiger partial charge in [-0.25, -0.2) is 0 Å². The van der Waals surface area contributed by atoms with E-state index in [0.717, 1.165) is 103 Å². The molecule has 0 radical (unpaired) electrons. The molecule has 0 aliphatic rings. The minimum atomic E-state index is -0.824. The highest BCUT2D eigenvalue weighted by atomic mass is 16.6. The second-order valence-corrected chi connectivity index (χ2v) is 16.6. The fourth-order valence-corrected chi connectivity index (χ4v) is 6.47. The van der Waals surface area contributed by atoms with Gasteiger partial charge in [0.05, 0.1) is 0 Å². The molecule has 0 spiro atoms. The Morgan fingerprint density at radius 2 is 0.631 bits per heavy atom. The Hall–Kier alpha value is -4.45. The molecule has 6 nitrogen and oxygen atoms in total. The van der Waals surface area contributed by atoms with E-state index in [1.54, 1.807) is 0 Å². The largest absolute Gasteiger partial charge is 0.462 e. The molecule has 0 aliphatic heterocycles. The Bertz CT molecular complexity index is 1450. The summed E-state index contributed by atoms with van der Waals surface area (Å²) in [7, 11) is 0. The van der Waals surface area contributed by atoms with Crippen LogP contribution in [-0.2, 0) is 28.6 Å². The lowest BCUT2D eigenvalue weighted by molar-refractivity contribution is -0.167. The van der Waals surface area contributed by atoms with Gasteiger partial charge in [-0.1, -0.05) is 231 Å². The number of carbonyl (C=O) groups is 3. The lowest BCUT2D eigenvalue weighted by atomic mass is 10.1. The van der Waals surface area contributed by atoms with Crippen molar-refractivity contribution < 1.29 is 28.6 Å². The van der Waals surface area contributed by atoms with Crippen molar-refractivity contribution in [3.8, 4) is 0 Å². The van der Waals surface area contributed by atoms with E-state index in [-0.39, 0.29) is 37.5 Å². The Balaban J connectivity index is 4.57. The topological polar surface area (TPSA) is 78.9 Å². The molecule has 0 aliphatic carbocycles. The molecule has 0 fully saturated rings. The normalized spacial score (nSPS) is 13.2. The van der Waals surface area contributed by atoms with Crippen molar-refractivity contribution in [2.24, 2.45) is 0 Å². The number of carbonyl (C=O) groups excluding carboxylic acids is 3. The lowest BCUT2D eigenvalue weighted by Gasteiger charge is -2.18. The first kappa shape index (κ1) is 60.5. The molecule has 0 N–H and O–H groups in total. The van der Waals surface area contributed by atoms with Crippen LogP contribution in [0.5, 0.6) is 0 Å². The van der Waals surface area contributed by atoms with Gasteiger partial charge >= 0.3 is 17.9 Å². The highest BCUT2D eigenvalue weighted by molar-refractivity contribution is 5.71. The van der Waals surface area contributed by atoms with Crippen LogP contribution in [0.3, 0.4) is 0 Å². The van der Waals surface area contributed by atoms with E-state index in [1.165, 1.54) is 51.4 Å². The summed E-state index contributed by atoms with van der Waals surface area (Å²) in [4.78, 5) is 38.0. The van der Waals surface area contributed by atoms with E-state index in [0.29, 0.717) is 19.3 Å². The molecule has 364 valence electrons. The smallest absolute Gasteiger partial charge is 0.306 e. The second kappa shape index (κ2) is 52.2. The first-order valence-corrected chi connectivity index (χ1v) is 25.8. The molecule has 0 saturated heterocycles. The van der Waals surface area contributed by atoms with Gasteiger partial charge in [0.1, 0.15) is 13.2 Å². The predicted molar refractivity (Wildman–Crippen MR) is 279 cm³/mol. The van der Waals surface area contributed by atoms with E-state index in [9.17, 15) is 14.4 Å². The fourth-order valence-electron chi connectivity index (χ4n) is 6.47. The molecule has 0 aromatic heterocycles. The summed E-state index contributed by atoms with van der Waals surface area (Å²) in [6.07, 6.45) is 72.9. The summed E-state index contributed by atoms with van der Waals surface area (Å²) in [6, 6.07) is 0. The van der Waals surface area contributed by atoms with Crippen molar-refractivity contribution in [1.82, 2.24) is 0 Å². The van der Waals surface area contributed by atoms with Gasteiger partial charge in [0.25, 0.3) is 0 Å². The molecule has 0 rings (SSSR count). The number of unbranched alkanes of at least 4 members (excludes halogenated alkanes) is 19. The molecule has 1 unspecified atom stereocenters. The molecule has 0 saturated carbocycles. The highest BCUT2D eigenvalue weighted by Crippen LogP contribution is 2.12. The maximum Gasteiger partial charge on any atom is 0.306 e. The molecule has 0 bridgehead atoms. The molecular formula is C59H92O6. The van der Waals surface area contributed by atoms with Crippen LogP contribution in [0, 0.1) is 0 Å². The number of hydrogen-bond donors (Lipinski definition) is 0. The first-order chi connectivity index (χ1) is 32.0. The van der Waals surface area contributed by atoms with Gasteiger partial charge in [-0.15, -0.1) is 0 Å². The van der Waals surface area contributed by atoms with Gasteiger partial charge in [0.15, 0.2) is 6.10 Å². The van der Waals surface area contributed by atoms with Crippen LogP contribution in [0.15, 0.2) is 134 Å². The van der Waals surface area contributed by atoms with Gasteiger partial charge < -0.3 is 14.2 Å². The third-order valence-corrected chi connectivity index (χ3v) is 10.3. The Labute approximate surface area is 398 Å². The standard InChI is InChI=1S/C59H92O6/c1-4-7-10-13-16-19-22-25-27-29-30-32-34-37-40-43-46-49-52-58(61)64-55-56(54-63-57(60)51-48-45-42-39-36-33-24-21-18-15-12-9-6-3)65-59(62)53-50-47-44-41-38-35-31-28-26-23-20-17-14-11-8-5-2/h9-10,12-13,15-16,18-19,21-22,24-25,27-33,35-36,38,56H,4-8,11,14,17,20,23,26,34,37,39-55H2,1-3H3/b12-9+,13-10+,18-15+,19-16+,24-21+,25-22+,29-27+,31-28+,32-30+,36-33+,38-35+. The summed E-state index contributed by atoms with van der Waals surface area (Å²) in [5.41, 5.74) is 0. The second-order valence-electron chi connectivity index (χ2n) is 16.6. The molecular weight excluding hydrogens is 805 g/mol. The Kier molecular flexibility index (Phi) is 48.6. The molecule has 6 heteroatoms. The monoisotopic (exact) mass is 897 g/mol. The van der Waals surface area contributed by atoms with Crippen molar-refractivity contribution in [2.75, 3.05) is 13.2 Å². The number of ether oxygens (including phenoxy) is 3. The zero-order valence-electron chi connectivity index (χ0n) is 41.4. The predicted octanol–water partition coefficient (Wildman–Crippen LogP) is 17.1. The number of hydrogen-bond acceptors (Lipinski definition) is 6. The van der Waals surface area contributed by atoms with Gasteiger partial charge in [-0.05, 0) is 83.5 Å². The third kappa shape index (κ3) is 50.4. The van der Waals surface area contributed by atoms with Gasteiger partial charge in [-0.3, -0.25) is 14.4 Å². The van der Waals surface area contributed by atoms with Crippen LogP contribution in [-0.4, -0.2) is 37.2 Å². The van der Waals surface area contributed by atoms with Crippen molar-refractivity contribution in [1.29, 1.82) is 0 Å². The molecule has 0 heterocycles. The van der Waals surface area contributed by atoms with E-state index in [1.807, 2.05) is 72.9 Å². The molecule has 0 aromatic carbocycles. The zero-order valence-corrected chi connectivity index (χ0v) is 41.4. The zero-order chi connectivity index (χ0) is 47.2. The number of rotatable bonds is 44. The summed E-state index contributed by atoms with van der Waals surface area (Å²) >= 11 is 0. The van der Waals surface area contributed by atoms with Crippen LogP contribution in [0.4, 0.5) is 0 Å². The van der Waals surface area contributed by atoms with E-state index in [2.05, 4.69) is 81.5 Å². The summed E-state index contributed by atoms with van der Waals surface area (Å²) in [5, 5.41) is 0. The number of allylic oxidation sites excluding steroid dienone is 22. The van der Waals surface area contributed by atoms with Crippen LogP contribution in [0.1, 0.15) is 201 Å². The van der Waals surface area contributed by atoms with Crippen LogP contribution < -0.4 is 0 Å². The van der Waals surface area contributed by atoms with E-state index in [4.69, 9.17) is 14.2 Å². The average molecular weight is 897 g/mol. The lowest BCUT2D eigenvalue weighted by Crippen LogP contribution is -2.30. The molecule has 1 atom stereocenters. The first-order valence-electron chi connectivity index (χ1n) is 25.8. The Morgan fingerprint density at radius 1 is 0.323 bits per heavy atom. The molecule has 65 heavy (non-hydrogen) atoms. The maximum atomic E-state index is 12.8. The van der Waals surface area contributed by atoms with Crippen LogP contribution in [0.2, 0.25) is 0 Å². The van der Waals surface area contributed by atoms with Crippen LogP contribution >= 0.6 is 0 Å². The minimum absolute atomic E-state index is 0.120. The summed E-state index contributed by atoms with van der Waals surface area (Å²) in [6.45, 7) is 6.30. The van der Waals surface area contributed by atoms with Gasteiger partial charge in [0, 0.05) is 19.3 Å².